The smallest absolute Gasteiger partial charge is 0.219 e. The number of piperazine rings is 1. The van der Waals surface area contributed by atoms with E-state index in [2.05, 4.69) is 23.7 Å². The predicted molar refractivity (Wildman–Crippen MR) is 92.2 cm³/mol. The Morgan fingerprint density at radius 2 is 2.04 bits per heavy atom. The van der Waals surface area contributed by atoms with Crippen LogP contribution in [0.2, 0.25) is 5.02 Å². The molecule has 1 aliphatic rings. The van der Waals surface area contributed by atoms with E-state index in [1.807, 2.05) is 36.5 Å². The van der Waals surface area contributed by atoms with Gasteiger partial charge in [0.1, 0.15) is 5.75 Å². The van der Waals surface area contributed by atoms with Crippen molar-refractivity contribution in [3.8, 4) is 11.6 Å². The Labute approximate surface area is 142 Å². The third kappa shape index (κ3) is 4.02. The first-order valence-electron chi connectivity index (χ1n) is 7.92. The van der Waals surface area contributed by atoms with E-state index in [0.29, 0.717) is 22.7 Å². The van der Waals surface area contributed by atoms with Crippen LogP contribution in [0.5, 0.6) is 11.6 Å². The first-order chi connectivity index (χ1) is 11.1. The summed E-state index contributed by atoms with van der Waals surface area (Å²) in [5.74, 6) is 1.15. The molecule has 2 heterocycles. The van der Waals surface area contributed by atoms with Crippen molar-refractivity contribution >= 4 is 11.6 Å². The number of halogens is 1. The average molecular weight is 331 g/mol. The Kier molecular flexibility index (Phi) is 5.16. The Morgan fingerprint density at radius 3 is 2.74 bits per heavy atom. The molecule has 1 fully saturated rings. The van der Waals surface area contributed by atoms with Crippen molar-refractivity contribution < 1.29 is 4.74 Å². The van der Waals surface area contributed by atoms with E-state index in [0.717, 1.165) is 25.2 Å². The number of para-hydroxylation sites is 1. The Bertz CT molecular complexity index is 645. The topological polar surface area (TPSA) is 39.5 Å². The zero-order valence-electron chi connectivity index (χ0n) is 13.4. The van der Waals surface area contributed by atoms with Crippen molar-refractivity contribution in [1.29, 1.82) is 0 Å². The molecule has 1 radical (unpaired) electrons. The molecular weight excluding hydrogens is 310 g/mol. The lowest BCUT2D eigenvalue weighted by atomic mass is 10.1. The van der Waals surface area contributed by atoms with E-state index < -0.39 is 0 Å². The molecule has 23 heavy (non-hydrogen) atoms. The molecule has 1 saturated heterocycles. The Balaban J connectivity index is 1.68. The van der Waals surface area contributed by atoms with E-state index in [-0.39, 0.29) is 6.04 Å². The van der Waals surface area contributed by atoms with Crippen LogP contribution in [0, 0.1) is 0 Å². The van der Waals surface area contributed by atoms with Gasteiger partial charge in [-0.05, 0) is 31.5 Å². The average Bonchev–Trinajstić information content (AvgIpc) is 2.58. The minimum Gasteiger partial charge on any atom is -0.437 e. The van der Waals surface area contributed by atoms with E-state index in [1.54, 1.807) is 6.07 Å². The fourth-order valence-corrected chi connectivity index (χ4v) is 2.86. The van der Waals surface area contributed by atoms with Crippen LogP contribution >= 0.6 is 11.6 Å². The van der Waals surface area contributed by atoms with Gasteiger partial charge < -0.3 is 4.74 Å². The second-order valence-corrected chi connectivity index (χ2v) is 6.38. The zero-order valence-corrected chi connectivity index (χ0v) is 14.2. The molecule has 1 aromatic heterocycles. The molecule has 1 atom stereocenters. The van der Waals surface area contributed by atoms with Gasteiger partial charge in [0.2, 0.25) is 5.88 Å². The minimum absolute atomic E-state index is 0.188. The van der Waals surface area contributed by atoms with Crippen LogP contribution in [-0.2, 0) is 0 Å². The lowest BCUT2D eigenvalue weighted by molar-refractivity contribution is 0.159. The third-order valence-corrected chi connectivity index (χ3v) is 4.38. The van der Waals surface area contributed by atoms with Crippen LogP contribution in [0.1, 0.15) is 25.5 Å². The summed E-state index contributed by atoms with van der Waals surface area (Å²) in [5.41, 5.74) is 1.13. The summed E-state index contributed by atoms with van der Waals surface area (Å²) in [5, 5.41) is 5.29. The molecular formula is C18H21ClN3O. The number of rotatable bonds is 4. The minimum atomic E-state index is 0.188. The number of benzene rings is 1. The van der Waals surface area contributed by atoms with E-state index >= 15 is 0 Å². The van der Waals surface area contributed by atoms with Gasteiger partial charge in [-0.2, -0.15) is 0 Å². The Hall–Kier alpha value is -1.62. The highest BCUT2D eigenvalue weighted by molar-refractivity contribution is 6.32. The molecule has 1 unspecified atom stereocenters. The van der Waals surface area contributed by atoms with Crippen LogP contribution in [0.4, 0.5) is 0 Å². The molecule has 0 bridgehead atoms. The molecule has 4 nitrogen and oxygen atoms in total. The largest absolute Gasteiger partial charge is 0.437 e. The van der Waals surface area contributed by atoms with Crippen LogP contribution in [0.15, 0.2) is 42.6 Å². The van der Waals surface area contributed by atoms with Gasteiger partial charge in [-0.25, -0.2) is 10.3 Å². The lowest BCUT2D eigenvalue weighted by Crippen LogP contribution is -2.45. The van der Waals surface area contributed by atoms with Crippen LogP contribution in [0.25, 0.3) is 0 Å². The zero-order chi connectivity index (χ0) is 16.2. The molecule has 0 aliphatic carbocycles. The molecule has 1 aliphatic heterocycles. The molecule has 0 amide bonds. The predicted octanol–water partition coefficient (Wildman–Crippen LogP) is 3.90. The first-order valence-corrected chi connectivity index (χ1v) is 8.30. The van der Waals surface area contributed by atoms with Gasteiger partial charge in [0.25, 0.3) is 0 Å². The standard InChI is InChI=1S/C18H21ClN3O/c1-13(2)22-10-9-20-16(12-22)14-7-8-18(21-11-14)23-17-6-4-3-5-15(17)19/h3-8,11,13,16H,9-10,12H2,1-2H3. The third-order valence-electron chi connectivity index (χ3n) is 4.07. The highest BCUT2D eigenvalue weighted by Gasteiger charge is 2.23. The van der Waals surface area contributed by atoms with Crippen LogP contribution in [-0.4, -0.2) is 35.6 Å². The van der Waals surface area contributed by atoms with Crippen molar-refractivity contribution in [3.05, 3.63) is 53.2 Å². The number of aromatic nitrogens is 1. The van der Waals surface area contributed by atoms with Gasteiger partial charge in [0, 0.05) is 37.9 Å². The molecule has 1 aromatic carbocycles. The summed E-state index contributed by atoms with van der Waals surface area (Å²) in [6, 6.07) is 12.0. The molecule has 0 saturated carbocycles. The fourth-order valence-electron chi connectivity index (χ4n) is 2.68. The van der Waals surface area contributed by atoms with Gasteiger partial charge >= 0.3 is 0 Å². The van der Waals surface area contributed by atoms with E-state index in [9.17, 15) is 0 Å². The Morgan fingerprint density at radius 1 is 1.22 bits per heavy atom. The van der Waals surface area contributed by atoms with Crippen molar-refractivity contribution in [3.63, 3.8) is 0 Å². The maximum Gasteiger partial charge on any atom is 0.219 e. The molecule has 2 aromatic rings. The summed E-state index contributed by atoms with van der Waals surface area (Å²) < 4.78 is 5.73. The number of pyridine rings is 1. The SMILES string of the molecule is CC(C)N1CC[N]C(c2ccc(Oc3ccccc3Cl)nc2)C1. The van der Waals surface area contributed by atoms with E-state index in [1.165, 1.54) is 0 Å². The summed E-state index contributed by atoms with van der Waals surface area (Å²) in [6.07, 6.45) is 1.85. The molecule has 121 valence electrons. The first kappa shape index (κ1) is 16.2. The second kappa shape index (κ2) is 7.30. The number of nitrogens with zero attached hydrogens (tertiary/aromatic N) is 3. The summed E-state index contributed by atoms with van der Waals surface area (Å²) >= 11 is 6.10. The van der Waals surface area contributed by atoms with Gasteiger partial charge in [-0.1, -0.05) is 29.8 Å². The summed E-state index contributed by atoms with van der Waals surface area (Å²) in [6.45, 7) is 7.31. The summed E-state index contributed by atoms with van der Waals surface area (Å²) in [7, 11) is 0. The van der Waals surface area contributed by atoms with Gasteiger partial charge in [-0.15, -0.1) is 0 Å². The molecule has 5 heteroatoms. The molecule has 0 spiro atoms. The van der Waals surface area contributed by atoms with Crippen molar-refractivity contribution in [2.24, 2.45) is 0 Å². The number of hydrogen-bond acceptors (Lipinski definition) is 3. The molecule has 0 N–H and O–H groups in total. The number of ether oxygens (including phenoxy) is 1. The van der Waals surface area contributed by atoms with Crippen molar-refractivity contribution in [2.75, 3.05) is 19.6 Å². The normalized spacial score (nSPS) is 19.0. The van der Waals surface area contributed by atoms with Gasteiger partial charge in [-0.3, -0.25) is 4.90 Å². The summed E-state index contributed by atoms with van der Waals surface area (Å²) in [4.78, 5) is 6.85. The van der Waals surface area contributed by atoms with Gasteiger partial charge in [0.15, 0.2) is 0 Å². The second-order valence-electron chi connectivity index (χ2n) is 5.97. The maximum absolute atomic E-state index is 6.10. The van der Waals surface area contributed by atoms with E-state index in [4.69, 9.17) is 21.7 Å². The number of hydrogen-bond donors (Lipinski definition) is 0. The van der Waals surface area contributed by atoms with Crippen molar-refractivity contribution in [2.45, 2.75) is 25.9 Å². The van der Waals surface area contributed by atoms with Crippen LogP contribution < -0.4 is 10.1 Å². The highest BCUT2D eigenvalue weighted by Crippen LogP contribution is 2.28. The quantitative estimate of drug-likeness (QED) is 0.853. The van der Waals surface area contributed by atoms with Gasteiger partial charge in [0.05, 0.1) is 11.1 Å². The lowest BCUT2D eigenvalue weighted by Gasteiger charge is -2.35. The van der Waals surface area contributed by atoms with Crippen molar-refractivity contribution in [1.82, 2.24) is 15.2 Å². The fraction of sp³-hybridized carbons (Fsp3) is 0.389. The monoisotopic (exact) mass is 330 g/mol. The van der Waals surface area contributed by atoms with Crippen LogP contribution in [0.3, 0.4) is 0 Å². The maximum atomic E-state index is 6.10. The molecule has 3 rings (SSSR count). The highest BCUT2D eigenvalue weighted by atomic mass is 35.5.